The van der Waals surface area contributed by atoms with Crippen LogP contribution in [0.2, 0.25) is 0 Å². The van der Waals surface area contributed by atoms with Crippen LogP contribution < -0.4 is 0 Å². The fourth-order valence-electron chi connectivity index (χ4n) is 1.86. The Balaban J connectivity index is 3.65. The van der Waals surface area contributed by atoms with Gasteiger partial charge in [-0.3, -0.25) is 4.79 Å². The summed E-state index contributed by atoms with van der Waals surface area (Å²) in [6, 6.07) is 0. The van der Waals surface area contributed by atoms with Gasteiger partial charge in [-0.05, 0) is 12.8 Å². The summed E-state index contributed by atoms with van der Waals surface area (Å²) in [5.41, 5.74) is 0. The van der Waals surface area contributed by atoms with Crippen molar-refractivity contribution < 1.29 is 25.5 Å². The fraction of sp³-hybridized carbons (Fsp3) is 0.938. The van der Waals surface area contributed by atoms with E-state index in [4.69, 9.17) is 20.7 Å². The molecule has 0 aliphatic carbocycles. The predicted molar refractivity (Wildman–Crippen MR) is 82.0 cm³/mol. The first-order valence-corrected chi connectivity index (χ1v) is 7.91. The van der Waals surface area contributed by atoms with Crippen molar-refractivity contribution in [2.45, 2.75) is 77.6 Å². The van der Waals surface area contributed by atoms with Gasteiger partial charge in [-0.15, -0.1) is 0 Å². The third kappa shape index (κ3) is 11.7. The molecular weight excluding hydrogens is 272 g/mol. The molecule has 0 rings (SSSR count). The van der Waals surface area contributed by atoms with Gasteiger partial charge in [0.1, 0.15) is 6.61 Å². The largest absolute Gasteiger partial charge is 0.460 e. The lowest BCUT2D eigenvalue weighted by Crippen LogP contribution is -2.30. The number of aliphatic hydroxyl groups is 1. The molecule has 0 saturated carbocycles. The molecule has 0 aliphatic rings. The first-order valence-electron chi connectivity index (χ1n) is 8.62. The average Bonchev–Trinajstić information content (AvgIpc) is 2.54. The number of hydrogen-bond acceptors (Lipinski definition) is 5. The Bertz CT molecular complexity index is 259. The van der Waals surface area contributed by atoms with Crippen LogP contribution in [0, 0.1) is 0 Å². The van der Waals surface area contributed by atoms with E-state index in [2.05, 4.69) is 0 Å². The second kappa shape index (κ2) is 14.3. The van der Waals surface area contributed by atoms with Crippen LogP contribution in [0.1, 0.15) is 66.6 Å². The van der Waals surface area contributed by atoms with Crippen LogP contribution in [0.15, 0.2) is 0 Å². The number of carbonyl (C=O) groups is 1. The molecule has 0 amide bonds. The first-order chi connectivity index (χ1) is 10.7. The molecule has 5 heteroatoms. The van der Waals surface area contributed by atoms with E-state index in [9.17, 15) is 4.79 Å². The van der Waals surface area contributed by atoms with E-state index in [0.29, 0.717) is 19.7 Å². The number of hydrogen-bond donors (Lipinski definition) is 1. The van der Waals surface area contributed by atoms with Gasteiger partial charge < -0.3 is 19.3 Å². The molecule has 126 valence electrons. The van der Waals surface area contributed by atoms with Gasteiger partial charge in [-0.1, -0.05) is 45.9 Å². The molecule has 2 unspecified atom stereocenters. The van der Waals surface area contributed by atoms with E-state index < -0.39 is 6.29 Å². The quantitative estimate of drug-likeness (QED) is 0.303. The normalized spacial score (nSPS) is 14.5. The van der Waals surface area contributed by atoms with Gasteiger partial charge >= 0.3 is 5.97 Å². The highest BCUT2D eigenvalue weighted by atomic mass is 16.7. The number of ether oxygens (including phenoxy) is 3. The maximum atomic E-state index is 11.6. The molecule has 0 spiro atoms. The van der Waals surface area contributed by atoms with Crippen LogP contribution >= 0.6 is 0 Å². The third-order valence-corrected chi connectivity index (χ3v) is 3.28. The van der Waals surface area contributed by atoms with Gasteiger partial charge in [0.25, 0.3) is 0 Å². The Morgan fingerprint density at radius 3 is 2.57 bits per heavy atom. The smallest absolute Gasteiger partial charge is 0.305 e. The van der Waals surface area contributed by atoms with Gasteiger partial charge in [0.2, 0.25) is 0 Å². The summed E-state index contributed by atoms with van der Waals surface area (Å²) in [5, 5.41) is 9.07. The number of carbonyl (C=O) groups excluding carboxylic acids is 1. The molecule has 0 fully saturated rings. The summed E-state index contributed by atoms with van der Waals surface area (Å²) >= 11 is 0. The van der Waals surface area contributed by atoms with E-state index >= 15 is 0 Å². The van der Waals surface area contributed by atoms with E-state index in [1.807, 2.05) is 6.92 Å². The monoisotopic (exact) mass is 305 g/mol. The lowest BCUT2D eigenvalue weighted by molar-refractivity contribution is -0.194. The number of esters is 1. The molecule has 0 saturated heterocycles. The summed E-state index contributed by atoms with van der Waals surface area (Å²) in [6.45, 7) is 2.38. The standard InChI is InChI=1S/C16H32O5/c1-4-6-7-8-9-10-11-15(18)20-13-16(19-3)21-14(5-2)12-17/h14,16-17H,4-13H2,1-3H3/i1D. The third-order valence-electron chi connectivity index (χ3n) is 3.28. The Labute approximate surface area is 130 Å². The minimum Gasteiger partial charge on any atom is -0.460 e. The van der Waals surface area contributed by atoms with Gasteiger partial charge in [0.05, 0.1) is 12.7 Å². The number of aliphatic hydroxyl groups excluding tert-OH is 1. The lowest BCUT2D eigenvalue weighted by atomic mass is 10.1. The van der Waals surface area contributed by atoms with E-state index in [1.54, 1.807) is 0 Å². The molecule has 0 aromatic carbocycles. The summed E-state index contributed by atoms with van der Waals surface area (Å²) in [5.74, 6) is -0.242. The van der Waals surface area contributed by atoms with Crippen molar-refractivity contribution in [3.05, 3.63) is 0 Å². The Morgan fingerprint density at radius 1 is 1.24 bits per heavy atom. The zero-order chi connectivity index (χ0) is 16.6. The van der Waals surface area contributed by atoms with Crippen molar-refractivity contribution in [1.29, 1.82) is 0 Å². The molecule has 0 aliphatic heterocycles. The van der Waals surface area contributed by atoms with Crippen LogP contribution in [0.4, 0.5) is 0 Å². The number of unbranched alkanes of at least 4 members (excludes halogenated alkanes) is 5. The highest BCUT2D eigenvalue weighted by molar-refractivity contribution is 5.69. The summed E-state index contributed by atoms with van der Waals surface area (Å²) in [4.78, 5) is 11.6. The van der Waals surface area contributed by atoms with Crippen molar-refractivity contribution in [3.8, 4) is 0 Å². The van der Waals surface area contributed by atoms with Crippen molar-refractivity contribution in [1.82, 2.24) is 0 Å². The number of rotatable bonds is 14. The summed E-state index contributed by atoms with van der Waals surface area (Å²) in [6.07, 6.45) is 6.29. The molecule has 0 bridgehead atoms. The van der Waals surface area contributed by atoms with Crippen molar-refractivity contribution >= 4 is 5.97 Å². The zero-order valence-electron chi connectivity index (χ0n) is 14.5. The average molecular weight is 305 g/mol. The summed E-state index contributed by atoms with van der Waals surface area (Å²) in [7, 11) is 1.49. The molecule has 2 atom stereocenters. The van der Waals surface area contributed by atoms with Crippen molar-refractivity contribution in [3.63, 3.8) is 0 Å². The Hall–Kier alpha value is -0.650. The Morgan fingerprint density at radius 2 is 1.95 bits per heavy atom. The fourth-order valence-corrected chi connectivity index (χ4v) is 1.86. The van der Waals surface area contributed by atoms with Crippen LogP contribution in [-0.2, 0) is 19.0 Å². The number of methoxy groups -OCH3 is 1. The van der Waals surface area contributed by atoms with Gasteiger partial charge in [-0.25, -0.2) is 0 Å². The molecule has 0 radical (unpaired) electrons. The second-order valence-corrected chi connectivity index (χ2v) is 5.07. The van der Waals surface area contributed by atoms with E-state index in [1.165, 1.54) is 7.11 Å². The molecule has 0 aromatic rings. The minimum atomic E-state index is -0.633. The van der Waals surface area contributed by atoms with Crippen molar-refractivity contribution in [2.24, 2.45) is 0 Å². The van der Waals surface area contributed by atoms with E-state index in [0.717, 1.165) is 38.5 Å². The Kier molecular flexibility index (Phi) is 12.5. The lowest BCUT2D eigenvalue weighted by Gasteiger charge is -2.21. The molecule has 1 N–H and O–H groups in total. The van der Waals surface area contributed by atoms with Crippen LogP contribution in [0.25, 0.3) is 0 Å². The maximum absolute atomic E-state index is 11.6. The molecule has 0 heterocycles. The molecular formula is C16H32O5. The molecule has 5 nitrogen and oxygen atoms in total. The highest BCUT2D eigenvalue weighted by Crippen LogP contribution is 2.08. The van der Waals surface area contributed by atoms with Gasteiger partial charge in [0, 0.05) is 14.9 Å². The predicted octanol–water partition coefficient (Wildman–Crippen LogP) is 3.04. The molecule has 0 aromatic heterocycles. The molecule has 21 heavy (non-hydrogen) atoms. The van der Waals surface area contributed by atoms with Crippen LogP contribution in [0.5, 0.6) is 0 Å². The minimum absolute atomic E-state index is 0.0509. The van der Waals surface area contributed by atoms with Gasteiger partial charge in [0.15, 0.2) is 6.29 Å². The zero-order valence-corrected chi connectivity index (χ0v) is 13.5. The topological polar surface area (TPSA) is 65.0 Å². The second-order valence-electron chi connectivity index (χ2n) is 5.07. The van der Waals surface area contributed by atoms with Gasteiger partial charge in [-0.2, -0.15) is 0 Å². The highest BCUT2D eigenvalue weighted by Gasteiger charge is 2.16. The van der Waals surface area contributed by atoms with Crippen LogP contribution in [-0.4, -0.2) is 43.8 Å². The summed E-state index contributed by atoms with van der Waals surface area (Å²) < 4.78 is 22.7. The SMILES string of the molecule is [2H]CCCCCCCCC(=O)OCC(OC)OC(CC)CO. The van der Waals surface area contributed by atoms with E-state index in [-0.39, 0.29) is 25.3 Å². The first kappa shape index (κ1) is 18.4. The van der Waals surface area contributed by atoms with Crippen LogP contribution in [0.3, 0.4) is 0 Å². The van der Waals surface area contributed by atoms with Crippen molar-refractivity contribution in [2.75, 3.05) is 20.3 Å². The maximum Gasteiger partial charge on any atom is 0.305 e.